The van der Waals surface area contributed by atoms with Gasteiger partial charge < -0.3 is 38.3 Å². The number of rotatable bonds is 17. The molecule has 77 heavy (non-hydrogen) atoms. The number of ether oxygens (including phenoxy) is 7. The van der Waals surface area contributed by atoms with Crippen molar-refractivity contribution in [3.05, 3.63) is 191 Å². The number of pyridine rings is 1. The van der Waals surface area contributed by atoms with Gasteiger partial charge in [0.2, 0.25) is 0 Å². The summed E-state index contributed by atoms with van der Waals surface area (Å²) in [6.07, 6.45) is 1.55. The summed E-state index contributed by atoms with van der Waals surface area (Å²) in [5, 5.41) is 16.8. The molecule has 9 rings (SSSR count). The molecule has 0 radical (unpaired) electrons. The summed E-state index contributed by atoms with van der Waals surface area (Å²) in [7, 11) is 6.48. The van der Waals surface area contributed by atoms with Crippen LogP contribution < -0.4 is 23.7 Å². The van der Waals surface area contributed by atoms with Crippen molar-refractivity contribution in [3.63, 3.8) is 0 Å². The number of benzene rings is 8. The summed E-state index contributed by atoms with van der Waals surface area (Å²) >= 11 is 0. The van der Waals surface area contributed by atoms with E-state index >= 15 is 0 Å². The quantitative estimate of drug-likeness (QED) is 0.0857. The van der Waals surface area contributed by atoms with Crippen LogP contribution in [0.5, 0.6) is 28.7 Å². The van der Waals surface area contributed by atoms with Crippen molar-refractivity contribution in [2.24, 2.45) is 0 Å². The zero-order valence-corrected chi connectivity index (χ0v) is 44.5. The zero-order valence-electron chi connectivity index (χ0n) is 44.5. The minimum atomic E-state index is -0.808. The molecule has 9 aromatic rings. The number of methoxy groups -OCH3 is 4. The first-order chi connectivity index (χ1) is 37.1. The number of carboxylic acid groups (broad SMARTS) is 1. The van der Waals surface area contributed by atoms with E-state index in [0.29, 0.717) is 16.8 Å². The maximum Gasteiger partial charge on any atom is 0.318 e. The van der Waals surface area contributed by atoms with Gasteiger partial charge in [0.1, 0.15) is 36.2 Å². The first-order valence-electron chi connectivity index (χ1n) is 25.1. The van der Waals surface area contributed by atoms with Crippen LogP contribution in [0.2, 0.25) is 0 Å². The van der Waals surface area contributed by atoms with Gasteiger partial charge in [0.25, 0.3) is 0 Å². The lowest BCUT2D eigenvalue weighted by Crippen LogP contribution is -2.20. The molecule has 8 aromatic carbocycles. The van der Waals surface area contributed by atoms with Gasteiger partial charge in [-0.05, 0) is 148 Å². The van der Waals surface area contributed by atoms with Gasteiger partial charge >= 0.3 is 23.9 Å². The van der Waals surface area contributed by atoms with Crippen molar-refractivity contribution >= 4 is 67.0 Å². The van der Waals surface area contributed by atoms with Crippen molar-refractivity contribution in [2.45, 2.75) is 71.5 Å². The molecule has 0 saturated carbocycles. The number of carboxylic acids is 1. The summed E-state index contributed by atoms with van der Waals surface area (Å²) in [5.74, 6) is -1.48. The van der Waals surface area contributed by atoms with Crippen LogP contribution in [0.25, 0.3) is 43.1 Å². The van der Waals surface area contributed by atoms with Crippen LogP contribution in [0, 0.1) is 6.92 Å². The second kappa shape index (κ2) is 24.1. The highest BCUT2D eigenvalue weighted by molar-refractivity contribution is 5.90. The number of hydrogen-bond acceptors (Lipinski definition) is 12. The number of nitrogens with zero attached hydrogens (tertiary/aromatic N) is 1. The third kappa shape index (κ3) is 12.6. The largest absolute Gasteiger partial charge is 0.497 e. The van der Waals surface area contributed by atoms with Gasteiger partial charge in [0.15, 0.2) is 5.75 Å². The highest BCUT2D eigenvalue weighted by Gasteiger charge is 2.26. The van der Waals surface area contributed by atoms with Gasteiger partial charge in [-0.3, -0.25) is 24.2 Å². The molecule has 0 aliphatic rings. The van der Waals surface area contributed by atoms with E-state index in [1.165, 1.54) is 0 Å². The molecule has 0 aliphatic carbocycles. The predicted octanol–water partition coefficient (Wildman–Crippen LogP) is 13.3. The number of fused-ring (bicyclic) bond motifs is 4. The maximum absolute atomic E-state index is 13.9. The van der Waals surface area contributed by atoms with E-state index in [2.05, 4.69) is 4.98 Å². The molecule has 0 amide bonds. The first kappa shape index (κ1) is 54.3. The number of carbonyl (C=O) groups is 4. The van der Waals surface area contributed by atoms with Gasteiger partial charge in [0.05, 0.1) is 57.8 Å². The Bertz CT molecular complexity index is 3660. The standard InChI is InChI=1S/C50H47NO9.C14H14O3/c1-29(33-8-11-39-23-43(55-5)17-14-36(39)20-33)48(52)58-27-42-26-51-32(4)47(60-50(54)31(3)35-10-13-41-25-45(57-7)19-16-38(41)22-35)46(42)28-59-49(53)30(2)34-9-12-40-24-44(56-6)18-15-37(40)21-34;1-9(14(15)16)10-3-4-12-8-13(17-2)6-5-11(12)7-10/h8-26,29-31H,27-28H2,1-7H3;3-9H,1-2H3,(H,15,16)/t29-,30-,31-;9-/m00/s1. The molecule has 0 fully saturated rings. The van der Waals surface area contributed by atoms with E-state index in [9.17, 15) is 19.2 Å². The maximum atomic E-state index is 13.9. The monoisotopic (exact) mass is 1040 g/mol. The minimum Gasteiger partial charge on any atom is -0.497 e. The normalized spacial score (nSPS) is 12.6. The molecule has 394 valence electrons. The molecule has 0 spiro atoms. The number of aromatic nitrogens is 1. The van der Waals surface area contributed by atoms with Gasteiger partial charge in [0, 0.05) is 17.3 Å². The van der Waals surface area contributed by atoms with E-state index < -0.39 is 47.5 Å². The number of esters is 3. The Balaban J connectivity index is 0.000000390. The van der Waals surface area contributed by atoms with Gasteiger partial charge in [-0.2, -0.15) is 0 Å². The Morgan fingerprint density at radius 2 is 0.740 bits per heavy atom. The van der Waals surface area contributed by atoms with E-state index in [0.717, 1.165) is 88.3 Å². The van der Waals surface area contributed by atoms with E-state index in [-0.39, 0.29) is 19.0 Å². The van der Waals surface area contributed by atoms with E-state index in [1.54, 1.807) is 69.3 Å². The SMILES string of the molecule is COc1ccc2cc([C@H](C)C(=O)O)ccc2c1.COc1ccc2cc([C@H](C)C(=O)OCc3cnc(C)c(OC(=O)[C@@H](C)c4ccc5cc(OC)ccc5c4)c3COC(=O)[C@@H](C)c3ccc4cc(OC)ccc4c3)ccc2c1. The average Bonchev–Trinajstić information content (AvgIpc) is 3.47. The number of hydrogen-bond donors (Lipinski definition) is 1. The van der Waals surface area contributed by atoms with Crippen LogP contribution in [0.4, 0.5) is 0 Å². The third-order valence-electron chi connectivity index (χ3n) is 14.1. The molecule has 0 bridgehead atoms. The molecular weight excluding hydrogens is 975 g/mol. The minimum absolute atomic E-state index is 0.143. The summed E-state index contributed by atoms with van der Waals surface area (Å²) in [5.41, 5.74) is 4.34. The Hall–Kier alpha value is -8.97. The first-order valence-corrected chi connectivity index (χ1v) is 25.1. The second-order valence-electron chi connectivity index (χ2n) is 18.9. The lowest BCUT2D eigenvalue weighted by Gasteiger charge is -2.20. The molecule has 1 heterocycles. The van der Waals surface area contributed by atoms with Crippen LogP contribution in [0.1, 0.15) is 90.4 Å². The summed E-state index contributed by atoms with van der Waals surface area (Å²) in [6, 6.07) is 46.0. The Morgan fingerprint density at radius 1 is 0.429 bits per heavy atom. The van der Waals surface area contributed by atoms with Crippen molar-refractivity contribution in [1.82, 2.24) is 4.98 Å². The molecule has 0 unspecified atom stereocenters. The van der Waals surface area contributed by atoms with Gasteiger partial charge in [-0.25, -0.2) is 0 Å². The van der Waals surface area contributed by atoms with Gasteiger partial charge in [-0.1, -0.05) is 97.1 Å². The van der Waals surface area contributed by atoms with E-state index in [4.69, 9.17) is 38.3 Å². The Morgan fingerprint density at radius 3 is 1.09 bits per heavy atom. The lowest BCUT2D eigenvalue weighted by atomic mass is 9.97. The van der Waals surface area contributed by atoms with Crippen LogP contribution in [-0.2, 0) is 41.9 Å². The number of carbonyl (C=O) groups excluding carboxylic acids is 3. The molecule has 0 saturated heterocycles. The van der Waals surface area contributed by atoms with E-state index in [1.807, 2.05) is 146 Å². The van der Waals surface area contributed by atoms with Crippen molar-refractivity contribution in [3.8, 4) is 28.7 Å². The number of aliphatic carboxylic acids is 1. The fourth-order valence-corrected chi connectivity index (χ4v) is 8.93. The fraction of sp³-hybridized carbons (Fsp3) is 0.234. The predicted molar refractivity (Wildman–Crippen MR) is 297 cm³/mol. The Kier molecular flexibility index (Phi) is 17.0. The zero-order chi connectivity index (χ0) is 54.9. The third-order valence-corrected chi connectivity index (χ3v) is 14.1. The molecule has 4 atom stereocenters. The summed E-state index contributed by atoms with van der Waals surface area (Å²) in [4.78, 5) is 56.6. The topological polar surface area (TPSA) is 166 Å². The highest BCUT2D eigenvalue weighted by atomic mass is 16.6. The average molecular weight is 1040 g/mol. The Labute approximate surface area is 447 Å². The van der Waals surface area contributed by atoms with Crippen molar-refractivity contribution in [1.29, 1.82) is 0 Å². The molecule has 13 nitrogen and oxygen atoms in total. The second-order valence-corrected chi connectivity index (χ2v) is 18.9. The van der Waals surface area contributed by atoms with Crippen LogP contribution in [0.15, 0.2) is 152 Å². The molecule has 13 heteroatoms. The fourth-order valence-electron chi connectivity index (χ4n) is 8.93. The van der Waals surface area contributed by atoms with Crippen LogP contribution in [-0.4, -0.2) is 62.4 Å². The molecule has 1 aromatic heterocycles. The smallest absolute Gasteiger partial charge is 0.318 e. The highest BCUT2D eigenvalue weighted by Crippen LogP contribution is 2.34. The van der Waals surface area contributed by atoms with Crippen LogP contribution in [0.3, 0.4) is 0 Å². The number of aryl methyl sites for hydroxylation is 1. The van der Waals surface area contributed by atoms with Crippen LogP contribution >= 0.6 is 0 Å². The summed E-state index contributed by atoms with van der Waals surface area (Å²) in [6.45, 7) is 8.27. The summed E-state index contributed by atoms with van der Waals surface area (Å²) < 4.78 is 39.2. The van der Waals surface area contributed by atoms with Gasteiger partial charge in [-0.15, -0.1) is 0 Å². The molecule has 0 aliphatic heterocycles. The van der Waals surface area contributed by atoms with Crippen molar-refractivity contribution < 1.29 is 57.4 Å². The molecule has 1 N–H and O–H groups in total. The molecular formula is C64H61NO12. The lowest BCUT2D eigenvalue weighted by molar-refractivity contribution is -0.148. The van der Waals surface area contributed by atoms with Crippen molar-refractivity contribution in [2.75, 3.05) is 28.4 Å².